The van der Waals surface area contributed by atoms with Gasteiger partial charge in [-0.15, -0.1) is 0 Å². The van der Waals surface area contributed by atoms with Crippen molar-refractivity contribution in [3.63, 3.8) is 0 Å². The van der Waals surface area contributed by atoms with E-state index in [1.165, 1.54) is 7.11 Å². The fourth-order valence-corrected chi connectivity index (χ4v) is 1.84. The van der Waals surface area contributed by atoms with E-state index in [9.17, 15) is 9.59 Å². The molecule has 0 fully saturated rings. The SMILES string of the molecule is CCOC(=O)C(N)C(=O)Nc1ccc(OC)c(Br)c1. The van der Waals surface area contributed by atoms with Crippen LogP contribution in [0.15, 0.2) is 22.7 Å². The van der Waals surface area contributed by atoms with Crippen molar-refractivity contribution in [3.8, 4) is 5.75 Å². The number of hydrogen-bond acceptors (Lipinski definition) is 5. The zero-order valence-corrected chi connectivity index (χ0v) is 12.2. The normalized spacial score (nSPS) is 11.6. The predicted octanol–water partition coefficient (Wildman–Crippen LogP) is 1.29. The standard InChI is InChI=1S/C12H15BrN2O4/c1-3-19-12(17)10(14)11(16)15-7-4-5-9(18-2)8(13)6-7/h4-6,10H,3,14H2,1-2H3,(H,15,16). The summed E-state index contributed by atoms with van der Waals surface area (Å²) >= 11 is 3.29. The van der Waals surface area contributed by atoms with E-state index in [-0.39, 0.29) is 6.61 Å². The van der Waals surface area contributed by atoms with Gasteiger partial charge in [-0.1, -0.05) is 0 Å². The Balaban J connectivity index is 2.71. The van der Waals surface area contributed by atoms with Gasteiger partial charge in [0.2, 0.25) is 0 Å². The van der Waals surface area contributed by atoms with Crippen molar-refractivity contribution in [2.24, 2.45) is 5.73 Å². The number of amides is 1. The minimum absolute atomic E-state index is 0.175. The third kappa shape index (κ3) is 4.22. The molecule has 1 aromatic carbocycles. The Labute approximate surface area is 119 Å². The van der Waals surface area contributed by atoms with Gasteiger partial charge in [0.1, 0.15) is 5.75 Å². The molecule has 19 heavy (non-hydrogen) atoms. The summed E-state index contributed by atoms with van der Waals surface area (Å²) in [5, 5.41) is 2.52. The number of carbonyl (C=O) groups excluding carboxylic acids is 2. The molecular weight excluding hydrogens is 316 g/mol. The first-order valence-electron chi connectivity index (χ1n) is 5.56. The highest BCUT2D eigenvalue weighted by Crippen LogP contribution is 2.27. The molecule has 0 saturated carbocycles. The van der Waals surface area contributed by atoms with Crippen LogP contribution >= 0.6 is 15.9 Å². The fourth-order valence-electron chi connectivity index (χ4n) is 1.30. The third-order valence-electron chi connectivity index (χ3n) is 2.24. The zero-order valence-electron chi connectivity index (χ0n) is 10.6. The van der Waals surface area contributed by atoms with Gasteiger partial charge in [-0.05, 0) is 41.1 Å². The van der Waals surface area contributed by atoms with Crippen LogP contribution in [0.25, 0.3) is 0 Å². The van der Waals surface area contributed by atoms with E-state index in [0.717, 1.165) is 0 Å². The predicted molar refractivity (Wildman–Crippen MR) is 73.9 cm³/mol. The summed E-state index contributed by atoms with van der Waals surface area (Å²) in [5.74, 6) is -0.754. The number of halogens is 1. The molecule has 3 N–H and O–H groups in total. The van der Waals surface area contributed by atoms with Crippen LogP contribution in [0.2, 0.25) is 0 Å². The van der Waals surface area contributed by atoms with Gasteiger partial charge in [-0.2, -0.15) is 0 Å². The molecule has 6 nitrogen and oxygen atoms in total. The largest absolute Gasteiger partial charge is 0.496 e. The topological polar surface area (TPSA) is 90.7 Å². The number of carbonyl (C=O) groups is 2. The highest BCUT2D eigenvalue weighted by molar-refractivity contribution is 9.10. The van der Waals surface area contributed by atoms with Crippen LogP contribution in [0.1, 0.15) is 6.92 Å². The van der Waals surface area contributed by atoms with E-state index < -0.39 is 17.9 Å². The van der Waals surface area contributed by atoms with Gasteiger partial charge in [-0.25, -0.2) is 4.79 Å². The minimum atomic E-state index is -1.35. The Bertz CT molecular complexity index is 479. The maximum atomic E-state index is 11.7. The van der Waals surface area contributed by atoms with Gasteiger partial charge in [-0.3, -0.25) is 4.79 Å². The van der Waals surface area contributed by atoms with Crippen LogP contribution < -0.4 is 15.8 Å². The van der Waals surface area contributed by atoms with E-state index >= 15 is 0 Å². The second kappa shape index (κ2) is 7.10. The third-order valence-corrected chi connectivity index (χ3v) is 2.86. The molecule has 1 rings (SSSR count). The second-order valence-electron chi connectivity index (χ2n) is 3.57. The summed E-state index contributed by atoms with van der Waals surface area (Å²) in [4.78, 5) is 23.0. The Morgan fingerprint density at radius 2 is 2.16 bits per heavy atom. The van der Waals surface area contributed by atoms with Crippen LogP contribution in [0.5, 0.6) is 5.75 Å². The monoisotopic (exact) mass is 330 g/mol. The first-order chi connectivity index (χ1) is 8.99. The lowest BCUT2D eigenvalue weighted by atomic mass is 10.2. The van der Waals surface area contributed by atoms with Gasteiger partial charge in [0, 0.05) is 5.69 Å². The number of methoxy groups -OCH3 is 1. The highest BCUT2D eigenvalue weighted by atomic mass is 79.9. The maximum absolute atomic E-state index is 11.7. The quantitative estimate of drug-likeness (QED) is 0.627. The molecule has 1 atom stereocenters. The number of esters is 1. The number of rotatable bonds is 5. The molecule has 1 aromatic rings. The van der Waals surface area contributed by atoms with Gasteiger partial charge in [0.05, 0.1) is 18.2 Å². The van der Waals surface area contributed by atoms with Crippen LogP contribution in [-0.4, -0.2) is 31.6 Å². The molecule has 1 amide bonds. The molecule has 1 unspecified atom stereocenters. The molecule has 0 spiro atoms. The maximum Gasteiger partial charge on any atom is 0.332 e. The smallest absolute Gasteiger partial charge is 0.332 e. The molecule has 0 aliphatic heterocycles. The highest BCUT2D eigenvalue weighted by Gasteiger charge is 2.23. The zero-order chi connectivity index (χ0) is 14.4. The summed E-state index contributed by atoms with van der Waals surface area (Å²) in [5.41, 5.74) is 5.96. The average Bonchev–Trinajstić information content (AvgIpc) is 2.38. The van der Waals surface area contributed by atoms with Crippen molar-refractivity contribution in [1.82, 2.24) is 0 Å². The van der Waals surface area contributed by atoms with Crippen molar-refractivity contribution in [1.29, 1.82) is 0 Å². The molecule has 0 heterocycles. The first kappa shape index (κ1) is 15.5. The van der Waals surface area contributed by atoms with E-state index in [4.69, 9.17) is 10.5 Å². The number of ether oxygens (including phenoxy) is 2. The fraction of sp³-hybridized carbons (Fsp3) is 0.333. The number of nitrogens with one attached hydrogen (secondary N) is 1. The Morgan fingerprint density at radius 3 is 2.68 bits per heavy atom. The minimum Gasteiger partial charge on any atom is -0.496 e. The lowest BCUT2D eigenvalue weighted by molar-refractivity contribution is -0.146. The van der Waals surface area contributed by atoms with E-state index in [0.29, 0.717) is 15.9 Å². The molecule has 0 bridgehead atoms. The van der Waals surface area contributed by atoms with Gasteiger partial charge >= 0.3 is 5.97 Å². The van der Waals surface area contributed by atoms with E-state index in [1.54, 1.807) is 25.1 Å². The summed E-state index contributed by atoms with van der Waals surface area (Å²) in [6.45, 7) is 1.82. The van der Waals surface area contributed by atoms with Crippen LogP contribution in [-0.2, 0) is 14.3 Å². The lowest BCUT2D eigenvalue weighted by Crippen LogP contribution is -2.43. The van der Waals surface area contributed by atoms with Crippen molar-refractivity contribution in [2.45, 2.75) is 13.0 Å². The van der Waals surface area contributed by atoms with Gasteiger partial charge < -0.3 is 20.5 Å². The molecule has 0 aromatic heterocycles. The number of anilines is 1. The number of benzene rings is 1. The van der Waals surface area contributed by atoms with Gasteiger partial charge in [0.15, 0.2) is 6.04 Å². The molecular formula is C12H15BrN2O4. The molecule has 7 heteroatoms. The van der Waals surface area contributed by atoms with Crippen LogP contribution in [0, 0.1) is 0 Å². The lowest BCUT2D eigenvalue weighted by Gasteiger charge is -2.12. The average molecular weight is 331 g/mol. The molecule has 0 saturated heterocycles. The van der Waals surface area contributed by atoms with Crippen molar-refractivity contribution >= 4 is 33.5 Å². The summed E-state index contributed by atoms with van der Waals surface area (Å²) in [6.07, 6.45) is 0. The Morgan fingerprint density at radius 1 is 1.47 bits per heavy atom. The molecule has 0 radical (unpaired) electrons. The number of nitrogens with two attached hydrogens (primary N) is 1. The van der Waals surface area contributed by atoms with Crippen LogP contribution in [0.3, 0.4) is 0 Å². The van der Waals surface area contributed by atoms with Gasteiger partial charge in [0.25, 0.3) is 5.91 Å². The van der Waals surface area contributed by atoms with Crippen molar-refractivity contribution in [2.75, 3.05) is 19.0 Å². The Kier molecular flexibility index (Phi) is 5.78. The van der Waals surface area contributed by atoms with Crippen molar-refractivity contribution < 1.29 is 19.1 Å². The molecule has 104 valence electrons. The summed E-state index contributed by atoms with van der Waals surface area (Å²) in [6, 6.07) is 3.62. The number of hydrogen-bond donors (Lipinski definition) is 2. The Hall–Kier alpha value is -1.60. The van der Waals surface area contributed by atoms with Crippen molar-refractivity contribution in [3.05, 3.63) is 22.7 Å². The summed E-state index contributed by atoms with van der Waals surface area (Å²) in [7, 11) is 1.54. The van der Waals surface area contributed by atoms with Crippen LogP contribution in [0.4, 0.5) is 5.69 Å². The second-order valence-corrected chi connectivity index (χ2v) is 4.42. The van der Waals surface area contributed by atoms with E-state index in [2.05, 4.69) is 26.0 Å². The first-order valence-corrected chi connectivity index (χ1v) is 6.35. The molecule has 0 aliphatic rings. The molecule has 0 aliphatic carbocycles. The summed E-state index contributed by atoms with van der Waals surface area (Å²) < 4.78 is 10.4. The van der Waals surface area contributed by atoms with E-state index in [1.807, 2.05) is 0 Å².